The monoisotopic (exact) mass is 948 g/mol. The van der Waals surface area contributed by atoms with Crippen LogP contribution in [0.2, 0.25) is 0 Å². The van der Waals surface area contributed by atoms with E-state index >= 15 is 0 Å². The second-order valence-corrected chi connectivity index (χ2v) is 20.0. The Morgan fingerprint density at radius 1 is 0.576 bits per heavy atom. The van der Waals surface area contributed by atoms with E-state index in [4.69, 9.17) is 0 Å². The van der Waals surface area contributed by atoms with Crippen LogP contribution in [0.1, 0.15) is 72.6 Å². The van der Waals surface area contributed by atoms with Gasteiger partial charge in [-0.3, -0.25) is 0 Å². The Morgan fingerprint density at radius 2 is 0.985 bits per heavy atom. The van der Waals surface area contributed by atoms with Crippen LogP contribution in [0.25, 0.3) is 23.0 Å². The van der Waals surface area contributed by atoms with Gasteiger partial charge >= 0.3 is 12.4 Å². The van der Waals surface area contributed by atoms with Gasteiger partial charge in [-0.05, 0) is 135 Å². The molecule has 0 radical (unpaired) electrons. The first-order valence-corrected chi connectivity index (χ1v) is 24.0. The molecule has 0 unspecified atom stereocenters. The maximum Gasteiger partial charge on any atom is 0.416 e. The highest BCUT2D eigenvalue weighted by atomic mass is 32.2. The SMILES string of the molecule is Cn1c(SCCCN2CC[C@@]3(C[C@@H]3c3ccc(C(F)(F)F)cc3)C2)nnc1-c1ccncn1.Cn1c(SCCCN2CC[C@]3(C[C@H]3c3ccc(C(F)(F)F)cc3)C2)nnc1-c1ccncn1. The van der Waals surface area contributed by atoms with Crippen molar-refractivity contribution in [2.75, 3.05) is 50.8 Å². The summed E-state index contributed by atoms with van der Waals surface area (Å²) in [6.45, 7) is 6.22. The summed E-state index contributed by atoms with van der Waals surface area (Å²) < 4.78 is 80.8. The standard InChI is InChI=1S/2C23H25F3N6S/c2*1-31-20(19-7-9-27-15-28-19)29-30-21(31)33-12-2-10-32-11-8-22(14-32)13-18(22)16-3-5-17(6-4-16)23(24,25)26/h2*3-7,9,15,18H,2,8,10-14H2,1H3/t2*18-,22-/m10/s1. The lowest BCUT2D eigenvalue weighted by Gasteiger charge is -2.16. The molecule has 6 heterocycles. The lowest BCUT2D eigenvalue weighted by atomic mass is 9.97. The molecule has 2 aliphatic carbocycles. The fraction of sp³-hybridized carbons (Fsp3) is 0.478. The van der Waals surface area contributed by atoms with Gasteiger partial charge in [-0.25, -0.2) is 19.9 Å². The number of benzene rings is 2. The van der Waals surface area contributed by atoms with E-state index in [9.17, 15) is 26.3 Å². The van der Waals surface area contributed by atoms with Crippen LogP contribution >= 0.6 is 23.5 Å². The normalized spacial score (nSPS) is 22.8. The number of rotatable bonds is 14. The molecule has 348 valence electrons. The number of hydrogen-bond acceptors (Lipinski definition) is 12. The van der Waals surface area contributed by atoms with E-state index in [1.807, 2.05) is 35.4 Å². The molecular formula is C46H50F6N12S2. The molecule has 4 aliphatic rings. The van der Waals surface area contributed by atoms with Crippen molar-refractivity contribution in [1.29, 1.82) is 0 Å². The molecular weight excluding hydrogens is 899 g/mol. The van der Waals surface area contributed by atoms with Crippen LogP contribution in [0.4, 0.5) is 26.3 Å². The third kappa shape index (κ3) is 10.3. The Hall–Kier alpha value is -4.92. The molecule has 2 spiro atoms. The first kappa shape index (κ1) is 46.2. The van der Waals surface area contributed by atoms with Crippen molar-refractivity contribution in [2.24, 2.45) is 24.9 Å². The Balaban J connectivity index is 0.000000166. The molecule has 2 aromatic carbocycles. The van der Waals surface area contributed by atoms with Crippen molar-refractivity contribution >= 4 is 23.5 Å². The van der Waals surface area contributed by atoms with Gasteiger partial charge in [0.2, 0.25) is 0 Å². The largest absolute Gasteiger partial charge is 0.416 e. The van der Waals surface area contributed by atoms with Crippen molar-refractivity contribution in [2.45, 2.75) is 73.0 Å². The van der Waals surface area contributed by atoms with E-state index < -0.39 is 23.5 Å². The number of aromatic nitrogens is 10. The number of nitrogens with zero attached hydrogens (tertiary/aromatic N) is 12. The maximum absolute atomic E-state index is 12.8. The van der Waals surface area contributed by atoms with Crippen LogP contribution in [0.3, 0.4) is 0 Å². The predicted molar refractivity (Wildman–Crippen MR) is 239 cm³/mol. The number of alkyl halides is 6. The lowest BCUT2D eigenvalue weighted by Crippen LogP contribution is -2.23. The van der Waals surface area contributed by atoms with E-state index in [-0.39, 0.29) is 10.8 Å². The van der Waals surface area contributed by atoms with E-state index in [1.54, 1.807) is 60.2 Å². The molecule has 6 aromatic rings. The Kier molecular flexibility index (Phi) is 13.3. The molecule has 4 atom stereocenters. The van der Waals surface area contributed by atoms with Gasteiger partial charge in [-0.2, -0.15) is 26.3 Å². The molecule has 20 heteroatoms. The molecule has 2 aliphatic heterocycles. The van der Waals surface area contributed by atoms with E-state index in [2.05, 4.69) is 50.1 Å². The highest BCUT2D eigenvalue weighted by Gasteiger charge is 2.58. The summed E-state index contributed by atoms with van der Waals surface area (Å²) in [6.07, 6.45) is 4.32. The molecule has 0 N–H and O–H groups in total. The van der Waals surface area contributed by atoms with Crippen molar-refractivity contribution in [3.63, 3.8) is 0 Å². The van der Waals surface area contributed by atoms with Gasteiger partial charge < -0.3 is 18.9 Å². The molecule has 2 saturated heterocycles. The topological polar surface area (TPSA) is 119 Å². The van der Waals surface area contributed by atoms with E-state index in [1.165, 1.54) is 36.9 Å². The zero-order chi connectivity index (χ0) is 46.1. The smallest absolute Gasteiger partial charge is 0.304 e. The summed E-state index contributed by atoms with van der Waals surface area (Å²) in [6, 6.07) is 15.2. The first-order valence-electron chi connectivity index (χ1n) is 22.1. The maximum atomic E-state index is 12.8. The minimum Gasteiger partial charge on any atom is -0.304 e. The summed E-state index contributed by atoms with van der Waals surface area (Å²) in [7, 11) is 3.89. The van der Waals surface area contributed by atoms with Crippen molar-refractivity contribution < 1.29 is 26.3 Å². The third-order valence-corrected chi connectivity index (χ3v) is 15.8. The van der Waals surface area contributed by atoms with Crippen LogP contribution in [0.5, 0.6) is 0 Å². The van der Waals surface area contributed by atoms with Gasteiger partial charge in [0.25, 0.3) is 0 Å². The lowest BCUT2D eigenvalue weighted by molar-refractivity contribution is -0.138. The molecule has 10 rings (SSSR count). The molecule has 0 bridgehead atoms. The number of hydrogen-bond donors (Lipinski definition) is 0. The summed E-state index contributed by atoms with van der Waals surface area (Å²) in [4.78, 5) is 21.3. The van der Waals surface area contributed by atoms with Crippen LogP contribution in [0, 0.1) is 10.8 Å². The van der Waals surface area contributed by atoms with Crippen molar-refractivity contribution in [1.82, 2.24) is 59.3 Å². The Labute approximate surface area is 387 Å². The summed E-state index contributed by atoms with van der Waals surface area (Å²) >= 11 is 3.38. The summed E-state index contributed by atoms with van der Waals surface area (Å²) in [5.74, 6) is 4.12. The highest BCUT2D eigenvalue weighted by molar-refractivity contribution is 7.99. The zero-order valence-corrected chi connectivity index (χ0v) is 38.2. The van der Waals surface area contributed by atoms with Crippen LogP contribution in [-0.4, -0.2) is 110 Å². The Morgan fingerprint density at radius 3 is 1.35 bits per heavy atom. The second-order valence-electron chi connectivity index (χ2n) is 17.9. The van der Waals surface area contributed by atoms with Crippen molar-refractivity contribution in [3.05, 3.63) is 108 Å². The van der Waals surface area contributed by atoms with E-state index in [0.29, 0.717) is 11.8 Å². The van der Waals surface area contributed by atoms with Gasteiger partial charge in [-0.1, -0.05) is 47.8 Å². The average molecular weight is 949 g/mol. The van der Waals surface area contributed by atoms with Crippen LogP contribution in [0.15, 0.2) is 96.0 Å². The molecule has 4 aromatic heterocycles. The van der Waals surface area contributed by atoms with Crippen LogP contribution < -0.4 is 0 Å². The van der Waals surface area contributed by atoms with Crippen molar-refractivity contribution in [3.8, 4) is 23.0 Å². The molecule has 2 saturated carbocycles. The fourth-order valence-electron chi connectivity index (χ4n) is 9.78. The summed E-state index contributed by atoms with van der Waals surface area (Å²) in [5, 5.41) is 18.8. The van der Waals surface area contributed by atoms with Gasteiger partial charge in [0.05, 0.1) is 11.1 Å². The van der Waals surface area contributed by atoms with E-state index in [0.717, 1.165) is 134 Å². The second kappa shape index (κ2) is 19.0. The first-order chi connectivity index (χ1) is 31.7. The van der Waals surface area contributed by atoms with Crippen LogP contribution in [-0.2, 0) is 26.4 Å². The molecule has 0 amide bonds. The summed E-state index contributed by atoms with van der Waals surface area (Å²) in [5.41, 5.74) is 2.95. The molecule has 4 fully saturated rings. The van der Waals surface area contributed by atoms with Gasteiger partial charge in [0.15, 0.2) is 22.0 Å². The van der Waals surface area contributed by atoms with Gasteiger partial charge in [0, 0.05) is 51.1 Å². The Bertz CT molecular complexity index is 2380. The average Bonchev–Trinajstić information content (AvgIpc) is 3.85. The molecule has 66 heavy (non-hydrogen) atoms. The number of likely N-dealkylation sites (tertiary alicyclic amines) is 2. The van der Waals surface area contributed by atoms with Gasteiger partial charge in [0.1, 0.15) is 24.0 Å². The fourth-order valence-corrected chi connectivity index (χ4v) is 11.4. The highest BCUT2D eigenvalue weighted by Crippen LogP contribution is 2.65. The third-order valence-electron chi connectivity index (χ3n) is 13.6. The minimum atomic E-state index is -4.27. The van der Waals surface area contributed by atoms with Gasteiger partial charge in [-0.15, -0.1) is 20.4 Å². The quantitative estimate of drug-likeness (QED) is 0.0588. The predicted octanol–water partition coefficient (Wildman–Crippen LogP) is 9.31. The minimum absolute atomic E-state index is 0.253. The number of halogens is 6. The number of thioether (sulfide) groups is 2. The zero-order valence-electron chi connectivity index (χ0n) is 36.6. The molecule has 12 nitrogen and oxygen atoms in total.